The van der Waals surface area contributed by atoms with Crippen molar-refractivity contribution in [3.63, 3.8) is 0 Å². The largest absolute Gasteiger partial charge is 0.0561 e. The van der Waals surface area contributed by atoms with E-state index in [4.69, 9.17) is 4.11 Å². The summed E-state index contributed by atoms with van der Waals surface area (Å²) in [6, 6.07) is 3.84. The highest BCUT2D eigenvalue weighted by atomic mass is 14.2. The van der Waals surface area contributed by atoms with Gasteiger partial charge in [0.05, 0.1) is 0 Å². The molecule has 0 N–H and O–H groups in total. The summed E-state index contributed by atoms with van der Waals surface area (Å²) < 4.78 is 22.9. The molecule has 0 atom stereocenters. The lowest BCUT2D eigenvalue weighted by molar-refractivity contribution is 0.581. The molecule has 0 saturated heterocycles. The zero-order valence-electron chi connectivity index (χ0n) is 12.2. The van der Waals surface area contributed by atoms with E-state index in [2.05, 4.69) is 26.8 Å². The Kier molecular flexibility index (Phi) is 1.62. The first-order valence-corrected chi connectivity index (χ1v) is 4.65. The van der Waals surface area contributed by atoms with E-state index in [-0.39, 0.29) is 5.41 Å². The predicted octanol–water partition coefficient (Wildman–Crippen LogP) is 3.91. The van der Waals surface area contributed by atoms with Crippen LogP contribution < -0.4 is 0 Å². The summed E-state index contributed by atoms with van der Waals surface area (Å²) in [6.07, 6.45) is 0. The Morgan fingerprint density at radius 2 is 1.62 bits per heavy atom. The van der Waals surface area contributed by atoms with Crippen LogP contribution in [0.2, 0.25) is 0 Å². The zero-order valence-corrected chi connectivity index (χ0v) is 9.15. The van der Waals surface area contributed by atoms with Gasteiger partial charge in [-0.2, -0.15) is 0 Å². The summed E-state index contributed by atoms with van der Waals surface area (Å²) in [7, 11) is 0. The molecule has 0 unspecified atom stereocenters. The average molecular weight is 179 g/mol. The minimum atomic E-state index is -2.03. The number of rotatable bonds is 0. The molecule has 0 aliphatic rings. The van der Waals surface area contributed by atoms with Crippen molar-refractivity contribution in [2.24, 2.45) is 0 Å². The second-order valence-electron chi connectivity index (χ2n) is 4.75. The summed E-state index contributed by atoms with van der Waals surface area (Å²) in [5.41, 5.74) is 3.40. The van der Waals surface area contributed by atoms with Crippen LogP contribution in [-0.2, 0) is 5.41 Å². The van der Waals surface area contributed by atoms with Gasteiger partial charge in [0.2, 0.25) is 0 Å². The molecule has 0 aliphatic heterocycles. The van der Waals surface area contributed by atoms with Crippen LogP contribution >= 0.6 is 0 Å². The van der Waals surface area contributed by atoms with E-state index in [1.54, 1.807) is 6.07 Å². The van der Waals surface area contributed by atoms with Crippen LogP contribution in [0.15, 0.2) is 12.1 Å². The van der Waals surface area contributed by atoms with Crippen molar-refractivity contribution in [2.45, 2.75) is 46.9 Å². The summed E-state index contributed by atoms with van der Waals surface area (Å²) in [6.45, 7) is 8.07. The number of hydrogen-bond acceptors (Lipinski definition) is 0. The van der Waals surface area contributed by atoms with Gasteiger partial charge in [-0.05, 0) is 42.8 Å². The van der Waals surface area contributed by atoms with Gasteiger partial charge in [0.25, 0.3) is 0 Å². The number of aryl methyl sites for hydroxylation is 3. The van der Waals surface area contributed by atoms with E-state index in [0.717, 1.165) is 16.7 Å². The van der Waals surface area contributed by atoms with E-state index >= 15 is 0 Å². The first-order valence-electron chi connectivity index (χ1n) is 6.15. The average Bonchev–Trinajstić information content (AvgIpc) is 1.97. The minimum Gasteiger partial charge on any atom is -0.0561 e. The molecule has 0 amide bonds. The highest BCUT2D eigenvalue weighted by Gasteiger charge is 2.18. The SMILES string of the molecule is [2H]C([2H])([2H])c1cc(C)cc(C)c1C(C)(C)C. The van der Waals surface area contributed by atoms with Crippen LogP contribution in [0.4, 0.5) is 0 Å². The molecule has 1 aromatic rings. The van der Waals surface area contributed by atoms with Crippen LogP contribution in [0.3, 0.4) is 0 Å². The predicted molar refractivity (Wildman–Crippen MR) is 59.4 cm³/mol. The fourth-order valence-corrected chi connectivity index (χ4v) is 1.96. The molecule has 0 radical (unpaired) electrons. The molecule has 0 aromatic heterocycles. The maximum atomic E-state index is 7.62. The van der Waals surface area contributed by atoms with Crippen LogP contribution in [0.5, 0.6) is 0 Å². The van der Waals surface area contributed by atoms with E-state index in [0.29, 0.717) is 5.56 Å². The molecular formula is C13H20. The Labute approximate surface area is 86.2 Å². The molecule has 1 rings (SSSR count). The van der Waals surface area contributed by atoms with Gasteiger partial charge >= 0.3 is 0 Å². The molecule has 0 spiro atoms. The van der Waals surface area contributed by atoms with Crippen LogP contribution in [0.1, 0.15) is 47.1 Å². The van der Waals surface area contributed by atoms with E-state index in [1.165, 1.54) is 0 Å². The summed E-state index contributed by atoms with van der Waals surface area (Å²) in [5.74, 6) is 0. The normalized spacial score (nSPS) is 16.2. The fraction of sp³-hybridized carbons (Fsp3) is 0.538. The Hall–Kier alpha value is -0.780. The highest BCUT2D eigenvalue weighted by Crippen LogP contribution is 2.29. The van der Waals surface area contributed by atoms with Gasteiger partial charge in [0.15, 0.2) is 0 Å². The maximum absolute atomic E-state index is 7.62. The molecule has 72 valence electrons. The van der Waals surface area contributed by atoms with Crippen molar-refractivity contribution in [2.75, 3.05) is 0 Å². The van der Waals surface area contributed by atoms with E-state index in [1.807, 2.05) is 13.8 Å². The van der Waals surface area contributed by atoms with Crippen molar-refractivity contribution in [3.8, 4) is 0 Å². The van der Waals surface area contributed by atoms with Crippen molar-refractivity contribution >= 4 is 0 Å². The Balaban J connectivity index is 3.58. The maximum Gasteiger partial charge on any atom is 0.0280 e. The Morgan fingerprint density at radius 3 is 2.08 bits per heavy atom. The van der Waals surface area contributed by atoms with Gasteiger partial charge in [0.1, 0.15) is 0 Å². The topological polar surface area (TPSA) is 0 Å². The lowest BCUT2D eigenvalue weighted by Gasteiger charge is -2.24. The molecule has 0 nitrogen and oxygen atoms in total. The first-order chi connectivity index (χ1) is 7.03. The Morgan fingerprint density at radius 1 is 1.08 bits per heavy atom. The summed E-state index contributed by atoms with van der Waals surface area (Å²) in [5, 5.41) is 0. The third-order valence-electron chi connectivity index (χ3n) is 2.23. The van der Waals surface area contributed by atoms with Crippen molar-refractivity contribution < 1.29 is 4.11 Å². The van der Waals surface area contributed by atoms with E-state index in [9.17, 15) is 0 Å². The molecule has 13 heavy (non-hydrogen) atoms. The zero-order chi connectivity index (χ0) is 12.7. The van der Waals surface area contributed by atoms with Gasteiger partial charge in [-0.3, -0.25) is 0 Å². The third kappa shape index (κ3) is 2.12. The molecule has 0 heterocycles. The molecule has 0 heteroatoms. The molecule has 0 aliphatic carbocycles. The van der Waals surface area contributed by atoms with Crippen molar-refractivity contribution in [1.82, 2.24) is 0 Å². The third-order valence-corrected chi connectivity index (χ3v) is 2.23. The first kappa shape index (κ1) is 6.64. The molecule has 0 bridgehead atoms. The molecule has 0 fully saturated rings. The number of hydrogen-bond donors (Lipinski definition) is 0. The number of benzene rings is 1. The van der Waals surface area contributed by atoms with Crippen molar-refractivity contribution in [1.29, 1.82) is 0 Å². The fourth-order valence-electron chi connectivity index (χ4n) is 1.96. The van der Waals surface area contributed by atoms with Crippen LogP contribution in [0, 0.1) is 20.7 Å². The van der Waals surface area contributed by atoms with Gasteiger partial charge in [-0.1, -0.05) is 38.5 Å². The second-order valence-corrected chi connectivity index (χ2v) is 4.75. The van der Waals surface area contributed by atoms with E-state index < -0.39 is 6.85 Å². The van der Waals surface area contributed by atoms with Gasteiger partial charge < -0.3 is 0 Å². The monoisotopic (exact) mass is 179 g/mol. The van der Waals surface area contributed by atoms with Gasteiger partial charge in [0, 0.05) is 4.11 Å². The smallest absolute Gasteiger partial charge is 0.0280 e. The summed E-state index contributed by atoms with van der Waals surface area (Å²) >= 11 is 0. The van der Waals surface area contributed by atoms with Gasteiger partial charge in [-0.25, -0.2) is 0 Å². The van der Waals surface area contributed by atoms with Crippen molar-refractivity contribution in [3.05, 3.63) is 34.4 Å². The quantitative estimate of drug-likeness (QED) is 0.566. The molecule has 1 aromatic carbocycles. The summed E-state index contributed by atoms with van der Waals surface area (Å²) in [4.78, 5) is 0. The lowest BCUT2D eigenvalue weighted by atomic mass is 9.80. The minimum absolute atomic E-state index is 0.137. The van der Waals surface area contributed by atoms with Crippen LogP contribution in [-0.4, -0.2) is 0 Å². The standard InChI is InChI=1S/C13H20/c1-9-7-10(2)12(11(3)8-9)13(4,5)6/h7-8H,1-6H3/i2D3. The molecule has 0 saturated carbocycles. The molecular weight excluding hydrogens is 156 g/mol. The Bertz CT molecular complexity index is 395. The van der Waals surface area contributed by atoms with Crippen LogP contribution in [0.25, 0.3) is 0 Å². The van der Waals surface area contributed by atoms with Gasteiger partial charge in [-0.15, -0.1) is 0 Å². The highest BCUT2D eigenvalue weighted by molar-refractivity contribution is 5.41. The second kappa shape index (κ2) is 3.17. The lowest BCUT2D eigenvalue weighted by Crippen LogP contribution is -2.15.